The lowest BCUT2D eigenvalue weighted by Gasteiger charge is -2.03. The van der Waals surface area contributed by atoms with Gasteiger partial charge in [0.1, 0.15) is 0 Å². The number of hydrogen-bond donors (Lipinski definition) is 0. The third-order valence-electron chi connectivity index (χ3n) is 2.11. The molecule has 0 aliphatic heterocycles. The zero-order valence-electron chi connectivity index (χ0n) is 7.41. The van der Waals surface area contributed by atoms with Gasteiger partial charge < -0.3 is 0 Å². The summed E-state index contributed by atoms with van der Waals surface area (Å²) in [7, 11) is 0. The van der Waals surface area contributed by atoms with Gasteiger partial charge in [-0.1, -0.05) is 41.4 Å². The number of rotatable bonds is 1. The Labute approximate surface area is 95.4 Å². The van der Waals surface area contributed by atoms with Crippen molar-refractivity contribution in [3.05, 3.63) is 50.5 Å². The highest BCUT2D eigenvalue weighted by molar-refractivity contribution is 6.45. The molecule has 0 spiro atoms. The topological polar surface area (TPSA) is 43.1 Å². The minimum atomic E-state index is -0.468. The lowest BCUT2D eigenvalue weighted by Crippen LogP contribution is -1.90. The maximum Gasteiger partial charge on any atom is 0.278 e. The van der Waals surface area contributed by atoms with Crippen LogP contribution in [0.2, 0.25) is 10.0 Å². The van der Waals surface area contributed by atoms with Crippen LogP contribution in [-0.4, -0.2) is 4.92 Å². The Morgan fingerprint density at radius 2 is 1.73 bits per heavy atom. The maximum atomic E-state index is 10.8. The first-order valence-electron chi connectivity index (χ1n) is 4.12. The first-order chi connectivity index (χ1) is 7.11. The standard InChI is InChI=1S/C10H5Cl2NO2/c11-8-5-9(13(14)15)6-3-1-2-4-7(6)10(8)12/h1-5H. The van der Waals surface area contributed by atoms with Gasteiger partial charge in [0.2, 0.25) is 0 Å². The lowest BCUT2D eigenvalue weighted by atomic mass is 10.1. The average molecular weight is 242 g/mol. The first kappa shape index (κ1) is 10.2. The van der Waals surface area contributed by atoms with Crippen molar-refractivity contribution < 1.29 is 4.92 Å². The zero-order chi connectivity index (χ0) is 11.0. The molecule has 0 heterocycles. The first-order valence-corrected chi connectivity index (χ1v) is 4.88. The van der Waals surface area contributed by atoms with E-state index in [0.717, 1.165) is 0 Å². The van der Waals surface area contributed by atoms with Crippen LogP contribution in [0.1, 0.15) is 0 Å². The highest BCUT2D eigenvalue weighted by atomic mass is 35.5. The van der Waals surface area contributed by atoms with Crippen LogP contribution in [0.5, 0.6) is 0 Å². The van der Waals surface area contributed by atoms with Crippen molar-refractivity contribution >= 4 is 39.7 Å². The fourth-order valence-corrected chi connectivity index (χ4v) is 1.86. The predicted octanol–water partition coefficient (Wildman–Crippen LogP) is 4.05. The molecule has 2 rings (SSSR count). The van der Waals surface area contributed by atoms with Gasteiger partial charge in [-0.25, -0.2) is 0 Å². The summed E-state index contributed by atoms with van der Waals surface area (Å²) in [6.45, 7) is 0. The van der Waals surface area contributed by atoms with Crippen LogP contribution in [0, 0.1) is 10.1 Å². The molecule has 0 radical (unpaired) electrons. The van der Waals surface area contributed by atoms with E-state index in [1.807, 2.05) is 0 Å². The van der Waals surface area contributed by atoms with Crippen LogP contribution in [-0.2, 0) is 0 Å². The Morgan fingerprint density at radius 1 is 1.13 bits per heavy atom. The van der Waals surface area contributed by atoms with Gasteiger partial charge >= 0.3 is 0 Å². The van der Waals surface area contributed by atoms with Gasteiger partial charge in [0.25, 0.3) is 5.69 Å². The van der Waals surface area contributed by atoms with E-state index in [2.05, 4.69) is 0 Å². The summed E-state index contributed by atoms with van der Waals surface area (Å²) in [5.74, 6) is 0. The van der Waals surface area contributed by atoms with Crippen molar-refractivity contribution in [2.75, 3.05) is 0 Å². The third-order valence-corrected chi connectivity index (χ3v) is 2.91. The van der Waals surface area contributed by atoms with Gasteiger partial charge in [0.05, 0.1) is 20.4 Å². The quantitative estimate of drug-likeness (QED) is 0.559. The second kappa shape index (κ2) is 3.68. The van der Waals surface area contributed by atoms with E-state index in [0.29, 0.717) is 15.8 Å². The molecule has 3 nitrogen and oxygen atoms in total. The molecule has 0 bridgehead atoms. The zero-order valence-corrected chi connectivity index (χ0v) is 8.92. The van der Waals surface area contributed by atoms with E-state index in [-0.39, 0.29) is 10.7 Å². The van der Waals surface area contributed by atoms with Crippen LogP contribution in [0.15, 0.2) is 30.3 Å². The minimum Gasteiger partial charge on any atom is -0.258 e. The van der Waals surface area contributed by atoms with E-state index in [1.165, 1.54) is 6.07 Å². The van der Waals surface area contributed by atoms with Crippen molar-refractivity contribution in [3.63, 3.8) is 0 Å². The number of nitrogens with zero attached hydrogens (tertiary/aromatic N) is 1. The molecule has 0 saturated heterocycles. The third kappa shape index (κ3) is 1.64. The van der Waals surface area contributed by atoms with Crippen molar-refractivity contribution in [1.29, 1.82) is 0 Å². The number of halogens is 2. The molecule has 0 saturated carbocycles. The summed E-state index contributed by atoms with van der Waals surface area (Å²) < 4.78 is 0. The Morgan fingerprint density at radius 3 is 2.33 bits per heavy atom. The number of nitro benzene ring substituents is 1. The summed E-state index contributed by atoms with van der Waals surface area (Å²) in [5, 5.41) is 12.4. The van der Waals surface area contributed by atoms with Crippen LogP contribution < -0.4 is 0 Å². The van der Waals surface area contributed by atoms with E-state index < -0.39 is 4.92 Å². The van der Waals surface area contributed by atoms with Gasteiger partial charge in [0, 0.05) is 11.5 Å². The molecule has 0 fully saturated rings. The van der Waals surface area contributed by atoms with Gasteiger partial charge in [-0.15, -0.1) is 0 Å². The monoisotopic (exact) mass is 241 g/mol. The largest absolute Gasteiger partial charge is 0.278 e. The van der Waals surface area contributed by atoms with Crippen molar-refractivity contribution in [1.82, 2.24) is 0 Å². The van der Waals surface area contributed by atoms with E-state index in [1.54, 1.807) is 24.3 Å². The molecule has 0 amide bonds. The summed E-state index contributed by atoms with van der Waals surface area (Å²) in [4.78, 5) is 10.3. The molecule has 76 valence electrons. The summed E-state index contributed by atoms with van der Waals surface area (Å²) in [6.07, 6.45) is 0. The Hall–Kier alpha value is -1.32. The van der Waals surface area contributed by atoms with Crippen molar-refractivity contribution in [2.24, 2.45) is 0 Å². The lowest BCUT2D eigenvalue weighted by molar-refractivity contribution is -0.383. The molecule has 2 aromatic carbocycles. The molecular formula is C10H5Cl2NO2. The summed E-state index contributed by atoms with van der Waals surface area (Å²) in [5.41, 5.74) is -0.0278. The Balaban J connectivity index is 2.94. The van der Waals surface area contributed by atoms with E-state index in [4.69, 9.17) is 23.2 Å². The Kier molecular flexibility index (Phi) is 2.50. The number of hydrogen-bond acceptors (Lipinski definition) is 2. The normalized spacial score (nSPS) is 10.5. The number of benzene rings is 2. The second-order valence-corrected chi connectivity index (χ2v) is 3.78. The number of fused-ring (bicyclic) bond motifs is 1. The second-order valence-electron chi connectivity index (χ2n) is 2.99. The molecular weight excluding hydrogens is 237 g/mol. The number of non-ortho nitro benzene ring substituents is 1. The fourth-order valence-electron chi connectivity index (χ4n) is 1.44. The molecule has 0 N–H and O–H groups in total. The molecule has 0 aliphatic carbocycles. The molecule has 0 aliphatic rings. The molecule has 15 heavy (non-hydrogen) atoms. The molecule has 2 aromatic rings. The Bertz CT molecular complexity index is 554. The summed E-state index contributed by atoms with van der Waals surface area (Å²) >= 11 is 11.7. The van der Waals surface area contributed by atoms with Gasteiger partial charge in [-0.3, -0.25) is 10.1 Å². The minimum absolute atomic E-state index is 0.0278. The molecule has 0 unspecified atom stereocenters. The van der Waals surface area contributed by atoms with Gasteiger partial charge in [0.15, 0.2) is 0 Å². The molecule has 5 heteroatoms. The van der Waals surface area contributed by atoms with E-state index >= 15 is 0 Å². The highest BCUT2D eigenvalue weighted by Crippen LogP contribution is 2.36. The van der Waals surface area contributed by atoms with Crippen LogP contribution >= 0.6 is 23.2 Å². The van der Waals surface area contributed by atoms with Crippen molar-refractivity contribution in [2.45, 2.75) is 0 Å². The average Bonchev–Trinajstić information content (AvgIpc) is 2.23. The predicted molar refractivity (Wildman–Crippen MR) is 60.6 cm³/mol. The summed E-state index contributed by atoms with van der Waals surface area (Å²) in [6, 6.07) is 8.10. The van der Waals surface area contributed by atoms with Gasteiger partial charge in [-0.05, 0) is 6.07 Å². The maximum absolute atomic E-state index is 10.8. The molecule has 0 atom stereocenters. The van der Waals surface area contributed by atoms with Crippen LogP contribution in [0.25, 0.3) is 10.8 Å². The van der Waals surface area contributed by atoms with Crippen molar-refractivity contribution in [3.8, 4) is 0 Å². The molecule has 0 aromatic heterocycles. The smallest absolute Gasteiger partial charge is 0.258 e. The highest BCUT2D eigenvalue weighted by Gasteiger charge is 2.16. The fraction of sp³-hybridized carbons (Fsp3) is 0. The van der Waals surface area contributed by atoms with E-state index in [9.17, 15) is 10.1 Å². The van der Waals surface area contributed by atoms with Crippen LogP contribution in [0.3, 0.4) is 0 Å². The van der Waals surface area contributed by atoms with Gasteiger partial charge in [-0.2, -0.15) is 0 Å². The van der Waals surface area contributed by atoms with Crippen LogP contribution in [0.4, 0.5) is 5.69 Å². The number of nitro groups is 1. The SMILES string of the molecule is O=[N+]([O-])c1cc(Cl)c(Cl)c2ccccc12.